The van der Waals surface area contributed by atoms with Crippen LogP contribution >= 0.6 is 0 Å². The van der Waals surface area contributed by atoms with Crippen molar-refractivity contribution in [3.05, 3.63) is 12.7 Å². The van der Waals surface area contributed by atoms with E-state index in [-0.39, 0.29) is 31.2 Å². The van der Waals surface area contributed by atoms with Crippen LogP contribution in [-0.4, -0.2) is 72.7 Å². The second-order valence-electron chi connectivity index (χ2n) is 9.31. The summed E-state index contributed by atoms with van der Waals surface area (Å²) in [6.07, 6.45) is 13.9. The molecule has 1 heterocycles. The van der Waals surface area contributed by atoms with Gasteiger partial charge in [-0.05, 0) is 38.0 Å². The number of hydrogen-bond acceptors (Lipinski definition) is 5. The largest absolute Gasteiger partial charge is 0.346 e. The van der Waals surface area contributed by atoms with Crippen LogP contribution in [0.4, 0.5) is 4.79 Å². The SMILES string of the molecule is C#CCCC(NC(=O)C1CCCN1C(=O)C(NC(=O)NC)C1CCCCCC1)C(=O)C(=O)NCC=C.CC. The molecule has 0 aromatic carbocycles. The van der Waals surface area contributed by atoms with Gasteiger partial charge in [-0.2, -0.15) is 0 Å². The zero-order chi connectivity index (χ0) is 28.5. The van der Waals surface area contributed by atoms with Gasteiger partial charge < -0.3 is 26.2 Å². The van der Waals surface area contributed by atoms with Gasteiger partial charge in [0.15, 0.2) is 0 Å². The number of carbonyl (C=O) groups excluding carboxylic acids is 5. The molecule has 1 aliphatic carbocycles. The minimum atomic E-state index is -1.10. The molecule has 3 unspecified atom stereocenters. The predicted molar refractivity (Wildman–Crippen MR) is 147 cm³/mol. The monoisotopic (exact) mass is 531 g/mol. The van der Waals surface area contributed by atoms with Crippen LogP contribution in [0.15, 0.2) is 12.7 Å². The van der Waals surface area contributed by atoms with Gasteiger partial charge in [-0.3, -0.25) is 19.2 Å². The number of hydrogen-bond donors (Lipinski definition) is 4. The summed E-state index contributed by atoms with van der Waals surface area (Å²) in [4.78, 5) is 65.4. The van der Waals surface area contributed by atoms with Gasteiger partial charge in [0.05, 0.1) is 6.04 Å². The molecule has 212 valence electrons. The lowest BCUT2D eigenvalue weighted by molar-refractivity contribution is -0.143. The predicted octanol–water partition coefficient (Wildman–Crippen LogP) is 2.04. The first-order valence-corrected chi connectivity index (χ1v) is 13.8. The zero-order valence-corrected chi connectivity index (χ0v) is 23.1. The summed E-state index contributed by atoms with van der Waals surface area (Å²) in [6.45, 7) is 7.99. The molecule has 0 radical (unpaired) electrons. The second kappa shape index (κ2) is 18.0. The van der Waals surface area contributed by atoms with E-state index in [4.69, 9.17) is 6.42 Å². The first-order chi connectivity index (χ1) is 18.3. The lowest BCUT2D eigenvalue weighted by Gasteiger charge is -2.33. The number of Topliss-reactive ketones (excluding diaryl/α,β-unsaturated/α-hetero) is 1. The van der Waals surface area contributed by atoms with Crippen LogP contribution in [0.25, 0.3) is 0 Å². The lowest BCUT2D eigenvalue weighted by atomic mass is 9.90. The molecule has 5 amide bonds. The molecular formula is C28H45N5O5. The van der Waals surface area contributed by atoms with Crippen molar-refractivity contribution in [2.45, 2.75) is 96.2 Å². The molecule has 0 bridgehead atoms. The molecule has 1 saturated heterocycles. The third kappa shape index (κ3) is 9.84. The zero-order valence-electron chi connectivity index (χ0n) is 23.1. The maximum Gasteiger partial charge on any atom is 0.315 e. The van der Waals surface area contributed by atoms with E-state index in [2.05, 4.69) is 33.8 Å². The summed E-state index contributed by atoms with van der Waals surface area (Å²) < 4.78 is 0. The summed E-state index contributed by atoms with van der Waals surface area (Å²) in [7, 11) is 1.49. The molecule has 10 nitrogen and oxygen atoms in total. The first kappa shape index (κ1) is 32.7. The van der Waals surface area contributed by atoms with E-state index >= 15 is 0 Å². The summed E-state index contributed by atoms with van der Waals surface area (Å²) in [5.74, 6) is -0.0219. The van der Waals surface area contributed by atoms with Crippen molar-refractivity contribution in [3.63, 3.8) is 0 Å². The van der Waals surface area contributed by atoms with E-state index < -0.39 is 41.8 Å². The highest BCUT2D eigenvalue weighted by molar-refractivity contribution is 6.38. The Morgan fingerprint density at radius 2 is 1.68 bits per heavy atom. The van der Waals surface area contributed by atoms with Crippen molar-refractivity contribution in [2.75, 3.05) is 20.1 Å². The summed E-state index contributed by atoms with van der Waals surface area (Å²) in [6, 6.07) is -3.07. The van der Waals surface area contributed by atoms with E-state index in [1.165, 1.54) is 18.0 Å². The Morgan fingerprint density at radius 1 is 1.03 bits per heavy atom. The Morgan fingerprint density at radius 3 is 2.26 bits per heavy atom. The fraction of sp³-hybridized carbons (Fsp3) is 0.679. The highest BCUT2D eigenvalue weighted by Crippen LogP contribution is 2.28. The van der Waals surface area contributed by atoms with Gasteiger partial charge in [-0.1, -0.05) is 45.6 Å². The van der Waals surface area contributed by atoms with E-state index in [0.29, 0.717) is 19.4 Å². The summed E-state index contributed by atoms with van der Waals surface area (Å²) >= 11 is 0. The van der Waals surface area contributed by atoms with Gasteiger partial charge in [0.25, 0.3) is 5.91 Å². The van der Waals surface area contributed by atoms with Crippen molar-refractivity contribution < 1.29 is 24.0 Å². The highest BCUT2D eigenvalue weighted by atomic mass is 16.2. The van der Waals surface area contributed by atoms with Gasteiger partial charge in [0.2, 0.25) is 17.6 Å². The van der Waals surface area contributed by atoms with Crippen molar-refractivity contribution in [1.82, 2.24) is 26.2 Å². The molecule has 2 rings (SSSR count). The van der Waals surface area contributed by atoms with Gasteiger partial charge in [-0.15, -0.1) is 18.9 Å². The van der Waals surface area contributed by atoms with Crippen LogP contribution < -0.4 is 21.3 Å². The average Bonchev–Trinajstić information content (AvgIpc) is 3.28. The second-order valence-corrected chi connectivity index (χ2v) is 9.31. The average molecular weight is 532 g/mol. The Kier molecular flexibility index (Phi) is 15.5. The minimum Gasteiger partial charge on any atom is -0.346 e. The molecular weight excluding hydrogens is 486 g/mol. The van der Waals surface area contributed by atoms with Crippen molar-refractivity contribution in [2.24, 2.45) is 5.92 Å². The summed E-state index contributed by atoms with van der Waals surface area (Å²) in [5, 5.41) is 10.4. The number of nitrogens with zero attached hydrogens (tertiary/aromatic N) is 1. The number of likely N-dealkylation sites (tertiary alicyclic amines) is 1. The lowest BCUT2D eigenvalue weighted by Crippen LogP contribution is -2.58. The standard InChI is InChI=1S/C26H39N5O5.C2H6/c1-4-6-14-19(22(32)24(34)28-16-5-2)29-23(33)20-15-11-17-31(20)25(35)21(30-26(36)27-3)18-12-9-7-8-10-13-18;1-2/h1,5,18-21H,2,6-17H2,3H3,(H,28,34)(H,29,33)(H2,27,30,36);1-2H3. The maximum absolute atomic E-state index is 13.7. The molecule has 0 aromatic heterocycles. The van der Waals surface area contributed by atoms with E-state index in [9.17, 15) is 24.0 Å². The normalized spacial score (nSPS) is 18.8. The van der Waals surface area contributed by atoms with Crippen LogP contribution in [0.5, 0.6) is 0 Å². The topological polar surface area (TPSA) is 137 Å². The molecule has 1 saturated carbocycles. The van der Waals surface area contributed by atoms with Gasteiger partial charge in [0, 0.05) is 26.6 Å². The van der Waals surface area contributed by atoms with E-state index in [0.717, 1.165) is 38.5 Å². The molecule has 38 heavy (non-hydrogen) atoms. The smallest absolute Gasteiger partial charge is 0.315 e. The number of terminal acetylenes is 1. The minimum absolute atomic E-state index is 0.0138. The number of carbonyl (C=O) groups is 5. The Labute approximate surface area is 227 Å². The summed E-state index contributed by atoms with van der Waals surface area (Å²) in [5.41, 5.74) is 0. The van der Waals surface area contributed by atoms with Crippen LogP contribution in [-0.2, 0) is 19.2 Å². The Balaban J connectivity index is 0.00000352. The number of ketones is 1. The molecule has 2 aliphatic rings. The fourth-order valence-electron chi connectivity index (χ4n) is 4.90. The van der Waals surface area contributed by atoms with Crippen LogP contribution in [0.2, 0.25) is 0 Å². The molecule has 10 heteroatoms. The molecule has 2 fully saturated rings. The molecule has 1 aliphatic heterocycles. The van der Waals surface area contributed by atoms with Crippen LogP contribution in [0.3, 0.4) is 0 Å². The van der Waals surface area contributed by atoms with E-state index in [1.807, 2.05) is 13.8 Å². The van der Waals surface area contributed by atoms with Crippen molar-refractivity contribution in [1.29, 1.82) is 0 Å². The number of rotatable bonds is 11. The molecule has 4 N–H and O–H groups in total. The third-order valence-electron chi connectivity index (χ3n) is 6.83. The fourth-order valence-corrected chi connectivity index (χ4v) is 4.90. The maximum atomic E-state index is 13.7. The quantitative estimate of drug-likeness (QED) is 0.140. The van der Waals surface area contributed by atoms with Crippen molar-refractivity contribution in [3.8, 4) is 12.3 Å². The molecule has 3 atom stereocenters. The Bertz CT molecular complexity index is 860. The number of urea groups is 1. The van der Waals surface area contributed by atoms with Gasteiger partial charge in [0.1, 0.15) is 12.1 Å². The Hall–Kier alpha value is -3.35. The highest BCUT2D eigenvalue weighted by Gasteiger charge is 2.41. The number of amides is 5. The van der Waals surface area contributed by atoms with Gasteiger partial charge >= 0.3 is 6.03 Å². The molecule has 0 aromatic rings. The molecule has 0 spiro atoms. The first-order valence-electron chi connectivity index (χ1n) is 13.8. The van der Waals surface area contributed by atoms with Crippen LogP contribution in [0.1, 0.15) is 78.1 Å². The third-order valence-corrected chi connectivity index (χ3v) is 6.83. The number of nitrogens with one attached hydrogen (secondary N) is 4. The van der Waals surface area contributed by atoms with Gasteiger partial charge in [-0.25, -0.2) is 4.79 Å². The van der Waals surface area contributed by atoms with Crippen LogP contribution in [0, 0.1) is 18.3 Å². The van der Waals surface area contributed by atoms with Crippen molar-refractivity contribution >= 4 is 29.5 Å². The van der Waals surface area contributed by atoms with E-state index in [1.54, 1.807) is 0 Å².